The lowest BCUT2D eigenvalue weighted by molar-refractivity contribution is 0.00988. The van der Waals surface area contributed by atoms with Crippen molar-refractivity contribution in [1.82, 2.24) is 20.3 Å². The summed E-state index contributed by atoms with van der Waals surface area (Å²) in [6.45, 7) is 4.37. The number of pyridine rings is 1. The van der Waals surface area contributed by atoms with E-state index in [9.17, 15) is 4.79 Å². The van der Waals surface area contributed by atoms with Gasteiger partial charge in [-0.1, -0.05) is 13.0 Å². The second-order valence-corrected chi connectivity index (χ2v) is 8.79. The summed E-state index contributed by atoms with van der Waals surface area (Å²) in [7, 11) is 5.28. The molecule has 0 aliphatic carbocycles. The molecule has 4 rings (SSSR count). The topological polar surface area (TPSA) is 102 Å². The first-order valence-electron chi connectivity index (χ1n) is 11.7. The van der Waals surface area contributed by atoms with Crippen LogP contribution in [0, 0.1) is 5.92 Å². The van der Waals surface area contributed by atoms with Gasteiger partial charge in [0.25, 0.3) is 5.91 Å². The van der Waals surface area contributed by atoms with E-state index in [0.29, 0.717) is 23.3 Å². The quantitative estimate of drug-likeness (QED) is 0.461. The minimum atomic E-state index is -0.131. The molecule has 35 heavy (non-hydrogen) atoms. The van der Waals surface area contributed by atoms with Gasteiger partial charge in [0.05, 0.1) is 32.1 Å². The van der Waals surface area contributed by atoms with Crippen LogP contribution in [-0.2, 0) is 11.2 Å². The number of hydrogen-bond acceptors (Lipinski definition) is 8. The number of anilines is 2. The lowest BCUT2D eigenvalue weighted by Crippen LogP contribution is -2.47. The Kier molecular flexibility index (Phi) is 7.77. The first-order valence-corrected chi connectivity index (χ1v) is 11.7. The fraction of sp³-hybridized carbons (Fsp3) is 0.385. The van der Waals surface area contributed by atoms with Gasteiger partial charge in [-0.25, -0.2) is 15.0 Å². The highest BCUT2D eigenvalue weighted by Gasteiger charge is 2.24. The van der Waals surface area contributed by atoms with E-state index >= 15 is 0 Å². The molecule has 1 aliphatic rings. The summed E-state index contributed by atoms with van der Waals surface area (Å²) in [6.07, 6.45) is 4.20. The van der Waals surface area contributed by atoms with Crippen molar-refractivity contribution < 1.29 is 14.3 Å². The summed E-state index contributed by atoms with van der Waals surface area (Å²) in [5.74, 6) is 2.57. The SMILES string of the molecule is CNC(=O)c1ccc(CC(C)CNc2cc(-c3ccc(N(C)C4COC4)nc3)ncn2)c(OC)c1. The second-order valence-electron chi connectivity index (χ2n) is 8.79. The Morgan fingerprint density at radius 1 is 1.20 bits per heavy atom. The van der Waals surface area contributed by atoms with E-state index in [1.807, 2.05) is 43.6 Å². The van der Waals surface area contributed by atoms with Crippen LogP contribution in [0.25, 0.3) is 11.3 Å². The van der Waals surface area contributed by atoms with Crippen molar-refractivity contribution in [2.45, 2.75) is 19.4 Å². The maximum Gasteiger partial charge on any atom is 0.251 e. The zero-order valence-electron chi connectivity index (χ0n) is 20.6. The van der Waals surface area contributed by atoms with Crippen molar-refractivity contribution in [1.29, 1.82) is 0 Å². The molecule has 9 heteroatoms. The molecule has 1 saturated heterocycles. The molecular formula is C26H32N6O3. The maximum absolute atomic E-state index is 11.9. The molecule has 1 fully saturated rings. The third kappa shape index (κ3) is 5.86. The molecule has 3 heterocycles. The zero-order chi connectivity index (χ0) is 24.8. The number of hydrogen-bond donors (Lipinski definition) is 2. The van der Waals surface area contributed by atoms with E-state index in [-0.39, 0.29) is 5.91 Å². The number of likely N-dealkylation sites (N-methyl/N-ethyl adjacent to an activating group) is 1. The molecule has 3 aromatic rings. The van der Waals surface area contributed by atoms with Crippen LogP contribution in [0.4, 0.5) is 11.6 Å². The van der Waals surface area contributed by atoms with Crippen LogP contribution >= 0.6 is 0 Å². The first-order chi connectivity index (χ1) is 17.0. The van der Waals surface area contributed by atoms with E-state index < -0.39 is 0 Å². The molecule has 1 aliphatic heterocycles. The number of nitrogens with one attached hydrogen (secondary N) is 2. The van der Waals surface area contributed by atoms with Gasteiger partial charge in [0.15, 0.2) is 0 Å². The Hall–Kier alpha value is -3.72. The number of rotatable bonds is 10. The van der Waals surface area contributed by atoms with Gasteiger partial charge in [-0.2, -0.15) is 0 Å². The van der Waals surface area contributed by atoms with Gasteiger partial charge in [-0.3, -0.25) is 4.79 Å². The molecule has 0 saturated carbocycles. The molecule has 0 bridgehead atoms. The van der Waals surface area contributed by atoms with E-state index in [1.54, 1.807) is 26.6 Å². The van der Waals surface area contributed by atoms with Gasteiger partial charge in [-0.15, -0.1) is 0 Å². The van der Waals surface area contributed by atoms with Crippen molar-refractivity contribution >= 4 is 17.5 Å². The van der Waals surface area contributed by atoms with Crippen LogP contribution in [0.5, 0.6) is 5.75 Å². The maximum atomic E-state index is 11.9. The van der Waals surface area contributed by atoms with Crippen molar-refractivity contribution in [3.63, 3.8) is 0 Å². The van der Waals surface area contributed by atoms with E-state index in [2.05, 4.69) is 37.4 Å². The molecule has 1 atom stereocenters. The van der Waals surface area contributed by atoms with E-state index in [4.69, 9.17) is 9.47 Å². The van der Waals surface area contributed by atoms with Gasteiger partial charge in [0, 0.05) is 44.0 Å². The van der Waals surface area contributed by atoms with Crippen molar-refractivity contribution in [3.8, 4) is 17.0 Å². The fourth-order valence-electron chi connectivity index (χ4n) is 3.92. The van der Waals surface area contributed by atoms with Gasteiger partial charge in [-0.05, 0) is 42.2 Å². The van der Waals surface area contributed by atoms with Crippen LogP contribution in [-0.4, -0.2) is 67.9 Å². The molecule has 184 valence electrons. The summed E-state index contributed by atoms with van der Waals surface area (Å²) in [4.78, 5) is 27.4. The predicted molar refractivity (Wildman–Crippen MR) is 136 cm³/mol. The third-order valence-corrected chi connectivity index (χ3v) is 6.22. The fourth-order valence-corrected chi connectivity index (χ4v) is 3.92. The second kappa shape index (κ2) is 11.1. The molecular weight excluding hydrogens is 444 g/mol. The van der Waals surface area contributed by atoms with Crippen LogP contribution in [0.1, 0.15) is 22.8 Å². The molecule has 2 aromatic heterocycles. The van der Waals surface area contributed by atoms with Gasteiger partial charge >= 0.3 is 0 Å². The van der Waals surface area contributed by atoms with Gasteiger partial charge in [0.1, 0.15) is 23.7 Å². The number of amides is 1. The zero-order valence-corrected chi connectivity index (χ0v) is 20.6. The number of benzene rings is 1. The third-order valence-electron chi connectivity index (χ3n) is 6.22. The van der Waals surface area contributed by atoms with Gasteiger partial charge in [0.2, 0.25) is 0 Å². The minimum absolute atomic E-state index is 0.131. The lowest BCUT2D eigenvalue weighted by atomic mass is 9.98. The summed E-state index contributed by atoms with van der Waals surface area (Å²) in [5.41, 5.74) is 3.39. The van der Waals surface area contributed by atoms with Crippen molar-refractivity contribution in [2.75, 3.05) is 51.2 Å². The predicted octanol–water partition coefficient (Wildman–Crippen LogP) is 3.03. The Morgan fingerprint density at radius 3 is 2.69 bits per heavy atom. The van der Waals surface area contributed by atoms with E-state index in [0.717, 1.165) is 54.6 Å². The molecule has 1 unspecified atom stereocenters. The first kappa shape index (κ1) is 24.4. The number of carbonyl (C=O) groups is 1. The molecule has 0 radical (unpaired) electrons. The van der Waals surface area contributed by atoms with Gasteiger partial charge < -0.3 is 25.0 Å². The summed E-state index contributed by atoms with van der Waals surface area (Å²) < 4.78 is 10.8. The number of ether oxygens (including phenoxy) is 2. The Labute approximate surface area is 205 Å². The Bertz CT molecular complexity index is 1150. The average molecular weight is 477 g/mol. The van der Waals surface area contributed by atoms with Crippen LogP contribution < -0.4 is 20.3 Å². The van der Waals surface area contributed by atoms with Crippen LogP contribution in [0.3, 0.4) is 0 Å². The highest BCUT2D eigenvalue weighted by atomic mass is 16.5. The Morgan fingerprint density at radius 2 is 2.03 bits per heavy atom. The molecule has 9 nitrogen and oxygen atoms in total. The van der Waals surface area contributed by atoms with Crippen molar-refractivity contribution in [2.24, 2.45) is 5.92 Å². The van der Waals surface area contributed by atoms with Crippen LogP contribution in [0.15, 0.2) is 48.9 Å². The average Bonchev–Trinajstić information content (AvgIpc) is 2.86. The monoisotopic (exact) mass is 476 g/mol. The summed E-state index contributed by atoms with van der Waals surface area (Å²) >= 11 is 0. The normalized spacial score (nSPS) is 14.1. The molecule has 1 aromatic carbocycles. The smallest absolute Gasteiger partial charge is 0.251 e. The van der Waals surface area contributed by atoms with Crippen molar-refractivity contribution in [3.05, 3.63) is 60.0 Å². The summed E-state index contributed by atoms with van der Waals surface area (Å²) in [6, 6.07) is 11.9. The lowest BCUT2D eigenvalue weighted by Gasteiger charge is -2.35. The standard InChI is InChI=1S/C26H32N6O3/c1-17(9-18-5-6-19(26(33)27-2)10-23(18)34-4)12-28-24-11-22(30-16-31-24)20-7-8-25(29-13-20)32(3)21-14-35-15-21/h5-8,10-11,13,16-17,21H,9,12,14-15H2,1-4H3,(H,27,33)(H,28,30,31). The molecule has 2 N–H and O–H groups in total. The number of methoxy groups -OCH3 is 1. The number of carbonyl (C=O) groups excluding carboxylic acids is 1. The summed E-state index contributed by atoms with van der Waals surface area (Å²) in [5, 5.41) is 6.05. The number of nitrogens with zero attached hydrogens (tertiary/aromatic N) is 4. The highest BCUT2D eigenvalue weighted by molar-refractivity contribution is 5.94. The highest BCUT2D eigenvalue weighted by Crippen LogP contribution is 2.25. The number of aromatic nitrogens is 3. The molecule has 1 amide bonds. The van der Waals surface area contributed by atoms with E-state index in [1.165, 1.54) is 0 Å². The largest absolute Gasteiger partial charge is 0.496 e. The minimum Gasteiger partial charge on any atom is -0.496 e. The Balaban J connectivity index is 1.36. The molecule has 0 spiro atoms. The van der Waals surface area contributed by atoms with Crippen LogP contribution in [0.2, 0.25) is 0 Å².